The topological polar surface area (TPSA) is 67.4 Å². The van der Waals surface area contributed by atoms with Crippen molar-refractivity contribution in [3.63, 3.8) is 0 Å². The van der Waals surface area contributed by atoms with E-state index in [4.69, 9.17) is 9.72 Å². The van der Waals surface area contributed by atoms with Crippen LogP contribution in [0, 0.1) is 5.92 Å². The molecule has 29 heavy (non-hydrogen) atoms. The molecule has 1 aliphatic heterocycles. The third-order valence-corrected chi connectivity index (χ3v) is 5.87. The average Bonchev–Trinajstić information content (AvgIpc) is 2.79. The normalized spacial score (nSPS) is 20.3. The highest BCUT2D eigenvalue weighted by molar-refractivity contribution is 5.94. The largest absolute Gasteiger partial charge is 0.473 e. The summed E-state index contributed by atoms with van der Waals surface area (Å²) < 4.78 is 6.08. The van der Waals surface area contributed by atoms with Crippen LogP contribution >= 0.6 is 0 Å². The number of nitrogens with zero attached hydrogens (tertiary/aromatic N) is 3. The Morgan fingerprint density at radius 3 is 2.72 bits per heavy atom. The fraction of sp³-hybridized carbons (Fsp3) is 0.522. The number of benzene rings is 1. The van der Waals surface area contributed by atoms with E-state index in [1.807, 2.05) is 36.5 Å². The van der Waals surface area contributed by atoms with Crippen molar-refractivity contribution >= 4 is 11.7 Å². The molecule has 4 rings (SSSR count). The number of rotatable bonds is 6. The van der Waals surface area contributed by atoms with Crippen molar-refractivity contribution in [2.24, 2.45) is 5.92 Å². The molecule has 1 saturated carbocycles. The Labute approximate surface area is 172 Å². The van der Waals surface area contributed by atoms with Crippen molar-refractivity contribution in [2.45, 2.75) is 51.0 Å². The van der Waals surface area contributed by atoms with E-state index in [1.54, 1.807) is 6.20 Å². The molecule has 1 unspecified atom stereocenters. The van der Waals surface area contributed by atoms with Crippen molar-refractivity contribution in [3.05, 3.63) is 48.3 Å². The molecule has 2 fully saturated rings. The zero-order chi connectivity index (χ0) is 19.9. The van der Waals surface area contributed by atoms with Gasteiger partial charge >= 0.3 is 0 Å². The first-order chi connectivity index (χ1) is 14.3. The van der Waals surface area contributed by atoms with Crippen molar-refractivity contribution in [2.75, 3.05) is 24.5 Å². The highest BCUT2D eigenvalue weighted by Crippen LogP contribution is 2.25. The summed E-state index contributed by atoms with van der Waals surface area (Å²) in [7, 11) is 0. The minimum atomic E-state index is -0.00889. The summed E-state index contributed by atoms with van der Waals surface area (Å²) in [5.41, 5.74) is 0.707. The molecule has 0 spiro atoms. The van der Waals surface area contributed by atoms with Crippen molar-refractivity contribution in [3.8, 4) is 5.88 Å². The summed E-state index contributed by atoms with van der Waals surface area (Å²) in [5, 5.41) is 3.08. The minimum absolute atomic E-state index is 0.00889. The van der Waals surface area contributed by atoms with Crippen LogP contribution in [0.5, 0.6) is 5.88 Å². The summed E-state index contributed by atoms with van der Waals surface area (Å²) in [6, 6.07) is 9.38. The molecule has 1 saturated heterocycles. The molecular formula is C23H30N4O2. The van der Waals surface area contributed by atoms with E-state index in [1.165, 1.54) is 19.3 Å². The Balaban J connectivity index is 1.32. The first kappa shape index (κ1) is 19.7. The highest BCUT2D eigenvalue weighted by atomic mass is 16.5. The standard InChI is InChI=1S/C23H30N4O2/c28-23(19-9-3-1-4-10-19)25-14-18-8-7-13-27(17-18)21-15-24-16-22(26-21)29-20-11-5-2-6-12-20/h1,3-4,9-10,15-16,18,20H,2,5-8,11-14,17H2,(H,25,28). The van der Waals surface area contributed by atoms with E-state index in [9.17, 15) is 4.79 Å². The predicted octanol–water partition coefficient (Wildman–Crippen LogP) is 3.83. The minimum Gasteiger partial charge on any atom is -0.473 e. The van der Waals surface area contributed by atoms with Crippen LogP contribution in [-0.2, 0) is 0 Å². The van der Waals surface area contributed by atoms with Crippen molar-refractivity contribution in [1.82, 2.24) is 15.3 Å². The Hall–Kier alpha value is -2.63. The predicted molar refractivity (Wildman–Crippen MR) is 113 cm³/mol. The van der Waals surface area contributed by atoms with Gasteiger partial charge in [-0.2, -0.15) is 4.98 Å². The lowest BCUT2D eigenvalue weighted by molar-refractivity contribution is 0.0945. The zero-order valence-electron chi connectivity index (χ0n) is 16.9. The number of piperidine rings is 1. The number of aromatic nitrogens is 2. The highest BCUT2D eigenvalue weighted by Gasteiger charge is 2.23. The lowest BCUT2D eigenvalue weighted by Gasteiger charge is -2.33. The van der Waals surface area contributed by atoms with Gasteiger partial charge in [0, 0.05) is 25.2 Å². The number of hydrogen-bond acceptors (Lipinski definition) is 5. The Bertz CT molecular complexity index is 792. The summed E-state index contributed by atoms with van der Waals surface area (Å²) in [6.45, 7) is 2.51. The van der Waals surface area contributed by atoms with E-state index in [2.05, 4.69) is 15.2 Å². The number of carbonyl (C=O) groups is 1. The quantitative estimate of drug-likeness (QED) is 0.806. The molecule has 1 aliphatic carbocycles. The maximum absolute atomic E-state index is 12.3. The van der Waals surface area contributed by atoms with E-state index in [0.29, 0.717) is 23.9 Å². The molecule has 0 radical (unpaired) electrons. The summed E-state index contributed by atoms with van der Waals surface area (Å²) in [5.74, 6) is 1.90. The maximum atomic E-state index is 12.3. The van der Waals surface area contributed by atoms with Crippen LogP contribution in [0.1, 0.15) is 55.3 Å². The van der Waals surface area contributed by atoms with E-state index >= 15 is 0 Å². The van der Waals surface area contributed by atoms with Crippen LogP contribution in [0.2, 0.25) is 0 Å². The molecule has 2 aromatic rings. The second-order valence-corrected chi connectivity index (χ2v) is 8.12. The lowest BCUT2D eigenvalue weighted by Crippen LogP contribution is -2.41. The first-order valence-electron chi connectivity index (χ1n) is 10.8. The molecule has 1 aromatic carbocycles. The van der Waals surface area contributed by atoms with Crippen LogP contribution in [0.25, 0.3) is 0 Å². The van der Waals surface area contributed by atoms with Gasteiger partial charge in [0.2, 0.25) is 5.88 Å². The van der Waals surface area contributed by atoms with E-state index in [-0.39, 0.29) is 12.0 Å². The first-order valence-corrected chi connectivity index (χ1v) is 10.8. The van der Waals surface area contributed by atoms with Gasteiger partial charge < -0.3 is 15.0 Å². The molecule has 2 aliphatic rings. The number of carbonyl (C=O) groups excluding carboxylic acids is 1. The van der Waals surface area contributed by atoms with Gasteiger partial charge in [-0.3, -0.25) is 9.78 Å². The Kier molecular flexibility index (Phi) is 6.60. The van der Waals surface area contributed by atoms with E-state index < -0.39 is 0 Å². The average molecular weight is 395 g/mol. The van der Waals surface area contributed by atoms with Crippen LogP contribution < -0.4 is 15.0 Å². The molecule has 1 amide bonds. The molecule has 0 bridgehead atoms. The zero-order valence-corrected chi connectivity index (χ0v) is 16.9. The third-order valence-electron chi connectivity index (χ3n) is 5.87. The summed E-state index contributed by atoms with van der Waals surface area (Å²) in [6.07, 6.45) is 12.0. The van der Waals surface area contributed by atoms with Gasteiger partial charge in [0.15, 0.2) is 5.82 Å². The van der Waals surface area contributed by atoms with Crippen LogP contribution in [0.15, 0.2) is 42.7 Å². The van der Waals surface area contributed by atoms with Gasteiger partial charge in [0.1, 0.15) is 6.10 Å². The summed E-state index contributed by atoms with van der Waals surface area (Å²) >= 11 is 0. The number of anilines is 1. The monoisotopic (exact) mass is 394 g/mol. The van der Waals surface area contributed by atoms with Crippen LogP contribution in [0.4, 0.5) is 5.82 Å². The van der Waals surface area contributed by atoms with E-state index in [0.717, 1.165) is 44.6 Å². The number of ether oxygens (including phenoxy) is 1. The van der Waals surface area contributed by atoms with Crippen molar-refractivity contribution < 1.29 is 9.53 Å². The molecule has 154 valence electrons. The van der Waals surface area contributed by atoms with Gasteiger partial charge in [-0.05, 0) is 56.6 Å². The molecule has 2 heterocycles. The SMILES string of the molecule is O=C(NCC1CCCN(c2cncc(OC3CCCCC3)n2)C1)c1ccccc1. The van der Waals surface area contributed by atoms with Crippen LogP contribution in [-0.4, -0.2) is 41.6 Å². The van der Waals surface area contributed by atoms with Crippen LogP contribution in [0.3, 0.4) is 0 Å². The lowest BCUT2D eigenvalue weighted by atomic mass is 9.98. The molecular weight excluding hydrogens is 364 g/mol. The molecule has 1 aromatic heterocycles. The molecule has 6 heteroatoms. The maximum Gasteiger partial charge on any atom is 0.251 e. The number of amides is 1. The summed E-state index contributed by atoms with van der Waals surface area (Å²) in [4.78, 5) is 23.7. The molecule has 1 N–H and O–H groups in total. The van der Waals surface area contributed by atoms with Gasteiger partial charge in [0.05, 0.1) is 12.4 Å². The van der Waals surface area contributed by atoms with Gasteiger partial charge in [-0.25, -0.2) is 0 Å². The second kappa shape index (κ2) is 9.72. The van der Waals surface area contributed by atoms with Crippen molar-refractivity contribution in [1.29, 1.82) is 0 Å². The van der Waals surface area contributed by atoms with Gasteiger partial charge in [-0.15, -0.1) is 0 Å². The number of nitrogens with one attached hydrogen (secondary N) is 1. The van der Waals surface area contributed by atoms with Gasteiger partial charge in [-0.1, -0.05) is 24.6 Å². The molecule has 6 nitrogen and oxygen atoms in total. The Morgan fingerprint density at radius 2 is 1.90 bits per heavy atom. The third kappa shape index (κ3) is 5.46. The second-order valence-electron chi connectivity index (χ2n) is 8.12. The number of hydrogen-bond donors (Lipinski definition) is 1. The fourth-order valence-corrected chi connectivity index (χ4v) is 4.27. The molecule has 1 atom stereocenters. The smallest absolute Gasteiger partial charge is 0.251 e. The Morgan fingerprint density at radius 1 is 1.07 bits per heavy atom. The van der Waals surface area contributed by atoms with Gasteiger partial charge in [0.25, 0.3) is 5.91 Å². The fourth-order valence-electron chi connectivity index (χ4n) is 4.27.